The van der Waals surface area contributed by atoms with E-state index in [0.29, 0.717) is 12.6 Å². The van der Waals surface area contributed by atoms with Crippen molar-refractivity contribution in [3.05, 3.63) is 28.8 Å². The Labute approximate surface area is 121 Å². The number of hydrogen-bond donors (Lipinski definition) is 1. The maximum Gasteiger partial charge on any atom is 0.0426 e. The Morgan fingerprint density at radius 3 is 2.58 bits per heavy atom. The maximum absolute atomic E-state index is 6.15. The average Bonchev–Trinajstić information content (AvgIpc) is 2.41. The molecular formula is C15H24ClN3. The summed E-state index contributed by atoms with van der Waals surface area (Å²) in [6.07, 6.45) is 3.34. The Hall–Kier alpha value is -0.770. The minimum Gasteiger partial charge on any atom is -0.371 e. The Morgan fingerprint density at radius 1 is 1.32 bits per heavy atom. The number of nitrogens with two attached hydrogens (primary N) is 1. The Balaban J connectivity index is 2.12. The predicted molar refractivity (Wildman–Crippen MR) is 83.1 cm³/mol. The van der Waals surface area contributed by atoms with Gasteiger partial charge < -0.3 is 15.5 Å². The van der Waals surface area contributed by atoms with Gasteiger partial charge in [-0.25, -0.2) is 0 Å². The summed E-state index contributed by atoms with van der Waals surface area (Å²) in [5.74, 6) is 0. The van der Waals surface area contributed by atoms with Gasteiger partial charge in [0.15, 0.2) is 0 Å². The van der Waals surface area contributed by atoms with Crippen molar-refractivity contribution in [3.8, 4) is 0 Å². The lowest BCUT2D eigenvalue weighted by molar-refractivity contribution is 0.249. The number of hydrogen-bond acceptors (Lipinski definition) is 3. The van der Waals surface area contributed by atoms with Crippen LogP contribution < -0.4 is 10.6 Å². The van der Waals surface area contributed by atoms with E-state index < -0.39 is 0 Å². The molecule has 0 unspecified atom stereocenters. The summed E-state index contributed by atoms with van der Waals surface area (Å²) in [6, 6.07) is 6.86. The second kappa shape index (κ2) is 6.60. The highest BCUT2D eigenvalue weighted by molar-refractivity contribution is 6.30. The van der Waals surface area contributed by atoms with E-state index in [1.165, 1.54) is 24.1 Å². The Kier molecular flexibility index (Phi) is 5.08. The van der Waals surface area contributed by atoms with Crippen LogP contribution in [0.3, 0.4) is 0 Å². The summed E-state index contributed by atoms with van der Waals surface area (Å²) in [5.41, 5.74) is 8.29. The maximum atomic E-state index is 6.15. The molecule has 0 radical (unpaired) electrons. The Morgan fingerprint density at radius 2 is 2.00 bits per heavy atom. The fourth-order valence-electron chi connectivity index (χ4n) is 2.82. The lowest BCUT2D eigenvalue weighted by Crippen LogP contribution is -2.42. The van der Waals surface area contributed by atoms with Gasteiger partial charge >= 0.3 is 0 Å². The van der Waals surface area contributed by atoms with Crippen molar-refractivity contribution in [1.29, 1.82) is 0 Å². The standard InChI is InChI=1S/C15H24ClN3/c1-18(2)14-6-9-19(10-7-14)15-11-13(16)4-3-12(15)5-8-17/h3-4,11,14H,5-10,17H2,1-2H3. The largest absolute Gasteiger partial charge is 0.371 e. The van der Waals surface area contributed by atoms with Crippen LogP contribution in [0.25, 0.3) is 0 Å². The van der Waals surface area contributed by atoms with E-state index in [4.69, 9.17) is 17.3 Å². The number of benzene rings is 1. The first-order valence-electron chi connectivity index (χ1n) is 7.01. The quantitative estimate of drug-likeness (QED) is 0.920. The highest BCUT2D eigenvalue weighted by atomic mass is 35.5. The first kappa shape index (κ1) is 14.6. The number of nitrogens with zero attached hydrogens (tertiary/aromatic N) is 2. The van der Waals surface area contributed by atoms with E-state index in [9.17, 15) is 0 Å². The topological polar surface area (TPSA) is 32.5 Å². The van der Waals surface area contributed by atoms with Crippen molar-refractivity contribution in [3.63, 3.8) is 0 Å². The van der Waals surface area contributed by atoms with Gasteiger partial charge in [0.25, 0.3) is 0 Å². The minimum atomic E-state index is 0.683. The van der Waals surface area contributed by atoms with Gasteiger partial charge in [-0.1, -0.05) is 17.7 Å². The monoisotopic (exact) mass is 281 g/mol. The van der Waals surface area contributed by atoms with Gasteiger partial charge in [0.05, 0.1) is 0 Å². The molecule has 3 nitrogen and oxygen atoms in total. The summed E-state index contributed by atoms with van der Waals surface area (Å²) in [4.78, 5) is 4.78. The van der Waals surface area contributed by atoms with Gasteiger partial charge in [-0.05, 0) is 57.6 Å². The highest BCUT2D eigenvalue weighted by Crippen LogP contribution is 2.28. The molecule has 0 aliphatic carbocycles. The molecule has 1 fully saturated rings. The number of anilines is 1. The summed E-state index contributed by atoms with van der Waals surface area (Å²) in [6.45, 7) is 2.88. The summed E-state index contributed by atoms with van der Waals surface area (Å²) in [5, 5.41) is 0.811. The summed E-state index contributed by atoms with van der Waals surface area (Å²) in [7, 11) is 4.33. The molecule has 1 aliphatic rings. The Bertz CT molecular complexity index is 412. The van der Waals surface area contributed by atoms with Crippen molar-refractivity contribution in [1.82, 2.24) is 4.90 Å². The van der Waals surface area contributed by atoms with E-state index in [1.54, 1.807) is 0 Å². The SMILES string of the molecule is CN(C)C1CCN(c2cc(Cl)ccc2CCN)CC1. The van der Waals surface area contributed by atoms with Crippen LogP contribution in [-0.2, 0) is 6.42 Å². The average molecular weight is 282 g/mol. The fraction of sp³-hybridized carbons (Fsp3) is 0.600. The van der Waals surface area contributed by atoms with Crippen LogP contribution in [0.2, 0.25) is 5.02 Å². The van der Waals surface area contributed by atoms with Crippen LogP contribution >= 0.6 is 11.6 Å². The van der Waals surface area contributed by atoms with Crippen molar-refractivity contribution < 1.29 is 0 Å². The minimum absolute atomic E-state index is 0.683. The third kappa shape index (κ3) is 3.62. The second-order valence-electron chi connectivity index (χ2n) is 5.49. The molecule has 0 amide bonds. The molecule has 1 saturated heterocycles. The lowest BCUT2D eigenvalue weighted by Gasteiger charge is -2.37. The molecule has 2 N–H and O–H groups in total. The van der Waals surface area contributed by atoms with Crippen LogP contribution in [0.15, 0.2) is 18.2 Å². The zero-order valence-corrected chi connectivity index (χ0v) is 12.7. The highest BCUT2D eigenvalue weighted by Gasteiger charge is 2.22. The predicted octanol–water partition coefficient (Wildman–Crippen LogP) is 2.37. The van der Waals surface area contributed by atoms with Crippen molar-refractivity contribution >= 4 is 17.3 Å². The van der Waals surface area contributed by atoms with Crippen LogP contribution in [0.1, 0.15) is 18.4 Å². The first-order chi connectivity index (χ1) is 9.11. The molecule has 0 saturated carbocycles. The van der Waals surface area contributed by atoms with Gasteiger partial charge in [-0.15, -0.1) is 0 Å². The van der Waals surface area contributed by atoms with Crippen LogP contribution in [-0.4, -0.2) is 44.7 Å². The molecule has 2 rings (SSSR count). The van der Waals surface area contributed by atoms with Crippen molar-refractivity contribution in [2.75, 3.05) is 38.6 Å². The molecule has 1 aliphatic heterocycles. The van der Waals surface area contributed by atoms with Gasteiger partial charge in [0, 0.05) is 29.8 Å². The smallest absolute Gasteiger partial charge is 0.0426 e. The van der Waals surface area contributed by atoms with E-state index in [0.717, 1.165) is 24.5 Å². The summed E-state index contributed by atoms with van der Waals surface area (Å²) >= 11 is 6.15. The molecule has 0 aromatic heterocycles. The molecule has 1 aromatic carbocycles. The normalized spacial score (nSPS) is 17.2. The number of rotatable bonds is 4. The first-order valence-corrected chi connectivity index (χ1v) is 7.39. The third-order valence-corrected chi connectivity index (χ3v) is 4.23. The van der Waals surface area contributed by atoms with Crippen LogP contribution in [0.4, 0.5) is 5.69 Å². The molecular weight excluding hydrogens is 258 g/mol. The molecule has 0 atom stereocenters. The molecule has 4 heteroatoms. The molecule has 19 heavy (non-hydrogen) atoms. The van der Waals surface area contributed by atoms with Crippen LogP contribution in [0.5, 0.6) is 0 Å². The van der Waals surface area contributed by atoms with Gasteiger partial charge in [-0.3, -0.25) is 0 Å². The van der Waals surface area contributed by atoms with E-state index in [1.807, 2.05) is 6.07 Å². The summed E-state index contributed by atoms with van der Waals surface area (Å²) < 4.78 is 0. The number of piperidine rings is 1. The molecule has 0 bridgehead atoms. The van der Waals surface area contributed by atoms with Crippen molar-refractivity contribution in [2.24, 2.45) is 5.73 Å². The molecule has 1 heterocycles. The van der Waals surface area contributed by atoms with E-state index >= 15 is 0 Å². The second-order valence-corrected chi connectivity index (χ2v) is 5.93. The third-order valence-electron chi connectivity index (χ3n) is 4.00. The van der Waals surface area contributed by atoms with Crippen LogP contribution in [0, 0.1) is 0 Å². The number of halogens is 1. The molecule has 106 valence electrons. The van der Waals surface area contributed by atoms with E-state index in [-0.39, 0.29) is 0 Å². The molecule has 0 spiro atoms. The molecule has 1 aromatic rings. The zero-order chi connectivity index (χ0) is 13.8. The fourth-order valence-corrected chi connectivity index (χ4v) is 2.99. The lowest BCUT2D eigenvalue weighted by atomic mass is 10.0. The van der Waals surface area contributed by atoms with E-state index in [2.05, 4.69) is 36.0 Å². The van der Waals surface area contributed by atoms with Crippen molar-refractivity contribution in [2.45, 2.75) is 25.3 Å². The van der Waals surface area contributed by atoms with Gasteiger partial charge in [0.1, 0.15) is 0 Å². The van der Waals surface area contributed by atoms with Gasteiger partial charge in [-0.2, -0.15) is 0 Å². The zero-order valence-electron chi connectivity index (χ0n) is 11.9. The van der Waals surface area contributed by atoms with Gasteiger partial charge in [0.2, 0.25) is 0 Å².